The molecule has 3 nitrogen and oxygen atoms in total. The molecule has 0 aliphatic rings. The van der Waals surface area contributed by atoms with Crippen LogP contribution in [-0.4, -0.2) is 13.0 Å². The van der Waals surface area contributed by atoms with Gasteiger partial charge in [-0.1, -0.05) is 24.3 Å². The summed E-state index contributed by atoms with van der Waals surface area (Å²) in [6.45, 7) is 0. The van der Waals surface area contributed by atoms with Crippen LogP contribution >= 0.6 is 0 Å². The summed E-state index contributed by atoms with van der Waals surface area (Å²) in [5.74, 6) is 0.389. The molecule has 0 spiro atoms. The van der Waals surface area contributed by atoms with E-state index in [9.17, 15) is 4.79 Å². The Balaban J connectivity index is 2.38. The minimum absolute atomic E-state index is 0.416. The Morgan fingerprint density at radius 2 is 1.76 bits per heavy atom. The fraction of sp³-hybridized carbons (Fsp3) is 0.0714. The highest BCUT2D eigenvalue weighted by Gasteiger charge is 2.03. The van der Waals surface area contributed by atoms with Crippen LogP contribution in [0, 0.1) is 0 Å². The molecule has 0 saturated heterocycles. The smallest absolute Gasteiger partial charge is 0.248 e. The Hall–Kier alpha value is -2.29. The first kappa shape index (κ1) is 11.2. The van der Waals surface area contributed by atoms with Crippen molar-refractivity contribution >= 4 is 5.91 Å². The van der Waals surface area contributed by atoms with E-state index in [4.69, 9.17) is 10.5 Å². The van der Waals surface area contributed by atoms with Gasteiger partial charge in [-0.3, -0.25) is 4.79 Å². The number of hydrogen-bond donors (Lipinski definition) is 1. The first-order valence-corrected chi connectivity index (χ1v) is 5.25. The molecule has 0 fully saturated rings. The van der Waals surface area contributed by atoms with E-state index < -0.39 is 5.91 Å². The number of carbonyl (C=O) groups excluding carboxylic acids is 1. The zero-order valence-electron chi connectivity index (χ0n) is 9.51. The number of rotatable bonds is 3. The molecule has 2 rings (SSSR count). The van der Waals surface area contributed by atoms with Gasteiger partial charge in [0.15, 0.2) is 0 Å². The fourth-order valence-electron chi connectivity index (χ4n) is 1.64. The maximum absolute atomic E-state index is 11.1. The lowest BCUT2D eigenvalue weighted by molar-refractivity contribution is 0.100. The summed E-state index contributed by atoms with van der Waals surface area (Å²) in [7, 11) is 1.63. The van der Waals surface area contributed by atoms with Gasteiger partial charge in [-0.05, 0) is 35.4 Å². The number of carbonyl (C=O) groups is 1. The quantitative estimate of drug-likeness (QED) is 0.875. The summed E-state index contributed by atoms with van der Waals surface area (Å²) >= 11 is 0. The topological polar surface area (TPSA) is 52.3 Å². The van der Waals surface area contributed by atoms with E-state index in [-0.39, 0.29) is 0 Å². The summed E-state index contributed by atoms with van der Waals surface area (Å²) in [5, 5.41) is 0. The maximum atomic E-state index is 11.1. The normalized spacial score (nSPS) is 9.94. The molecule has 17 heavy (non-hydrogen) atoms. The Morgan fingerprint density at radius 1 is 1.06 bits per heavy atom. The molecule has 0 radical (unpaired) electrons. The van der Waals surface area contributed by atoms with Crippen LogP contribution in [0.25, 0.3) is 11.1 Å². The maximum Gasteiger partial charge on any atom is 0.248 e. The van der Waals surface area contributed by atoms with Crippen molar-refractivity contribution in [2.45, 2.75) is 0 Å². The van der Waals surface area contributed by atoms with Gasteiger partial charge in [-0.2, -0.15) is 0 Å². The van der Waals surface area contributed by atoms with E-state index in [1.807, 2.05) is 36.4 Å². The summed E-state index contributed by atoms with van der Waals surface area (Å²) in [6, 6.07) is 14.9. The molecule has 0 aromatic heterocycles. The number of nitrogens with two attached hydrogens (primary N) is 1. The van der Waals surface area contributed by atoms with Crippen LogP contribution in [0.1, 0.15) is 10.4 Å². The highest BCUT2D eigenvalue weighted by atomic mass is 16.5. The SMILES string of the molecule is COc1ccc(-c2cccc(C(N)=O)c2)cc1. The van der Waals surface area contributed by atoms with Crippen molar-refractivity contribution in [2.24, 2.45) is 5.73 Å². The molecule has 0 saturated carbocycles. The Bertz CT molecular complexity index is 532. The van der Waals surface area contributed by atoms with Gasteiger partial charge in [-0.15, -0.1) is 0 Å². The van der Waals surface area contributed by atoms with Gasteiger partial charge in [0.25, 0.3) is 0 Å². The van der Waals surface area contributed by atoms with Gasteiger partial charge >= 0.3 is 0 Å². The number of hydrogen-bond acceptors (Lipinski definition) is 2. The molecule has 0 atom stereocenters. The van der Waals surface area contributed by atoms with Crippen molar-refractivity contribution in [3.63, 3.8) is 0 Å². The van der Waals surface area contributed by atoms with Crippen molar-refractivity contribution in [1.82, 2.24) is 0 Å². The van der Waals surface area contributed by atoms with Crippen LogP contribution in [0.2, 0.25) is 0 Å². The van der Waals surface area contributed by atoms with Crippen molar-refractivity contribution in [1.29, 1.82) is 0 Å². The first-order chi connectivity index (χ1) is 8.20. The molecule has 86 valence electrons. The van der Waals surface area contributed by atoms with Crippen LogP contribution in [-0.2, 0) is 0 Å². The van der Waals surface area contributed by atoms with Gasteiger partial charge in [0, 0.05) is 5.56 Å². The highest BCUT2D eigenvalue weighted by molar-refractivity contribution is 5.94. The summed E-state index contributed by atoms with van der Waals surface area (Å²) in [4.78, 5) is 11.1. The average Bonchev–Trinajstić information content (AvgIpc) is 2.39. The first-order valence-electron chi connectivity index (χ1n) is 5.25. The lowest BCUT2D eigenvalue weighted by atomic mass is 10.0. The molecule has 2 N–H and O–H groups in total. The summed E-state index contributed by atoms with van der Waals surface area (Å²) < 4.78 is 5.09. The minimum Gasteiger partial charge on any atom is -0.497 e. The third-order valence-electron chi connectivity index (χ3n) is 2.57. The second-order valence-corrected chi connectivity index (χ2v) is 3.67. The van der Waals surface area contributed by atoms with Crippen molar-refractivity contribution in [2.75, 3.05) is 7.11 Å². The van der Waals surface area contributed by atoms with Crippen molar-refractivity contribution in [3.05, 3.63) is 54.1 Å². The number of ether oxygens (including phenoxy) is 1. The van der Waals surface area contributed by atoms with E-state index in [0.717, 1.165) is 16.9 Å². The highest BCUT2D eigenvalue weighted by Crippen LogP contribution is 2.22. The Labute approximate surface area is 99.8 Å². The Kier molecular flexibility index (Phi) is 3.10. The number of methoxy groups -OCH3 is 1. The summed E-state index contributed by atoms with van der Waals surface area (Å²) in [6.07, 6.45) is 0. The van der Waals surface area contributed by atoms with Gasteiger partial charge < -0.3 is 10.5 Å². The van der Waals surface area contributed by atoms with Crippen LogP contribution in [0.15, 0.2) is 48.5 Å². The average molecular weight is 227 g/mol. The molecule has 0 aliphatic heterocycles. The molecule has 0 unspecified atom stereocenters. The lowest BCUT2D eigenvalue weighted by Crippen LogP contribution is -2.10. The monoisotopic (exact) mass is 227 g/mol. The van der Waals surface area contributed by atoms with Gasteiger partial charge in [0.05, 0.1) is 7.11 Å². The minimum atomic E-state index is -0.416. The molecule has 0 aliphatic carbocycles. The standard InChI is InChI=1S/C14H13NO2/c1-17-13-7-5-10(6-8-13)11-3-2-4-12(9-11)14(15)16/h2-9H,1H3,(H2,15,16). The molecule has 2 aromatic rings. The third-order valence-corrected chi connectivity index (χ3v) is 2.57. The molecule has 2 aromatic carbocycles. The molecule has 0 bridgehead atoms. The lowest BCUT2D eigenvalue weighted by Gasteiger charge is -2.05. The number of primary amides is 1. The van der Waals surface area contributed by atoms with E-state index >= 15 is 0 Å². The third kappa shape index (κ3) is 2.45. The zero-order chi connectivity index (χ0) is 12.3. The molecule has 1 amide bonds. The van der Waals surface area contributed by atoms with Crippen molar-refractivity contribution in [3.8, 4) is 16.9 Å². The molecular weight excluding hydrogens is 214 g/mol. The van der Waals surface area contributed by atoms with Gasteiger partial charge in [0.1, 0.15) is 5.75 Å². The number of amides is 1. The molecule has 0 heterocycles. The Morgan fingerprint density at radius 3 is 2.35 bits per heavy atom. The zero-order valence-corrected chi connectivity index (χ0v) is 9.51. The number of benzene rings is 2. The largest absolute Gasteiger partial charge is 0.497 e. The van der Waals surface area contributed by atoms with Gasteiger partial charge in [0.2, 0.25) is 5.91 Å². The molecule has 3 heteroatoms. The second-order valence-electron chi connectivity index (χ2n) is 3.67. The van der Waals surface area contributed by atoms with Crippen LogP contribution in [0.4, 0.5) is 0 Å². The fourth-order valence-corrected chi connectivity index (χ4v) is 1.64. The van der Waals surface area contributed by atoms with E-state index in [0.29, 0.717) is 5.56 Å². The van der Waals surface area contributed by atoms with Crippen LogP contribution in [0.5, 0.6) is 5.75 Å². The van der Waals surface area contributed by atoms with E-state index in [1.54, 1.807) is 19.2 Å². The predicted molar refractivity (Wildman–Crippen MR) is 66.9 cm³/mol. The van der Waals surface area contributed by atoms with E-state index in [1.165, 1.54) is 0 Å². The summed E-state index contributed by atoms with van der Waals surface area (Å²) in [5.41, 5.74) is 7.74. The van der Waals surface area contributed by atoms with Crippen LogP contribution < -0.4 is 10.5 Å². The van der Waals surface area contributed by atoms with E-state index in [2.05, 4.69) is 0 Å². The predicted octanol–water partition coefficient (Wildman–Crippen LogP) is 2.46. The van der Waals surface area contributed by atoms with Crippen LogP contribution in [0.3, 0.4) is 0 Å². The second kappa shape index (κ2) is 4.70. The van der Waals surface area contributed by atoms with Gasteiger partial charge in [-0.25, -0.2) is 0 Å². The van der Waals surface area contributed by atoms with Crippen molar-refractivity contribution < 1.29 is 9.53 Å². The molecular formula is C14H13NO2.